The molecule has 0 atom stereocenters. The van der Waals surface area contributed by atoms with Gasteiger partial charge in [-0.1, -0.05) is 24.3 Å². The fourth-order valence-electron chi connectivity index (χ4n) is 1.86. The number of hydrogen-bond donors (Lipinski definition) is 2. The maximum atomic E-state index is 11.3. The average Bonchev–Trinajstić information content (AvgIpc) is 2.68. The van der Waals surface area contributed by atoms with Crippen LogP contribution in [0.4, 0.5) is 4.79 Å². The van der Waals surface area contributed by atoms with Crippen LogP contribution in [0.3, 0.4) is 0 Å². The summed E-state index contributed by atoms with van der Waals surface area (Å²) in [7, 11) is 0. The second-order valence-corrected chi connectivity index (χ2v) is 4.01. The van der Waals surface area contributed by atoms with Crippen LogP contribution >= 0.6 is 0 Å². The van der Waals surface area contributed by atoms with Crippen molar-refractivity contribution in [2.24, 2.45) is 5.73 Å². The molecule has 0 spiro atoms. The SMILES string of the molecule is NCCc1ccc(CN2CCNC2=O)cc1. The van der Waals surface area contributed by atoms with E-state index >= 15 is 0 Å². The van der Waals surface area contributed by atoms with E-state index < -0.39 is 0 Å². The Balaban J connectivity index is 1.96. The highest BCUT2D eigenvalue weighted by molar-refractivity contribution is 5.76. The van der Waals surface area contributed by atoms with Gasteiger partial charge in [0.15, 0.2) is 0 Å². The Bertz CT molecular complexity index is 361. The van der Waals surface area contributed by atoms with Gasteiger partial charge >= 0.3 is 6.03 Å². The van der Waals surface area contributed by atoms with Gasteiger partial charge < -0.3 is 16.0 Å². The molecular weight excluding hydrogens is 202 g/mol. The quantitative estimate of drug-likeness (QED) is 0.783. The molecule has 0 saturated carbocycles. The Labute approximate surface area is 95.4 Å². The van der Waals surface area contributed by atoms with E-state index in [0.29, 0.717) is 13.1 Å². The average molecular weight is 219 g/mol. The lowest BCUT2D eigenvalue weighted by Crippen LogP contribution is -2.27. The van der Waals surface area contributed by atoms with Crippen LogP contribution in [0, 0.1) is 0 Å². The standard InChI is InChI=1S/C12H17N3O/c13-6-5-10-1-3-11(4-2-10)9-15-8-7-14-12(15)16/h1-4H,5-9,13H2,(H,14,16). The summed E-state index contributed by atoms with van der Waals surface area (Å²) in [6.07, 6.45) is 0.907. The number of hydrogen-bond acceptors (Lipinski definition) is 2. The number of amides is 2. The number of carbonyl (C=O) groups excluding carboxylic acids is 1. The second kappa shape index (κ2) is 4.99. The molecule has 4 heteroatoms. The summed E-state index contributed by atoms with van der Waals surface area (Å²) >= 11 is 0. The highest BCUT2D eigenvalue weighted by atomic mass is 16.2. The number of nitrogens with two attached hydrogens (primary N) is 1. The molecule has 0 aliphatic carbocycles. The predicted molar refractivity (Wildman–Crippen MR) is 63.0 cm³/mol. The van der Waals surface area contributed by atoms with Gasteiger partial charge in [-0.05, 0) is 24.1 Å². The minimum absolute atomic E-state index is 0.0334. The summed E-state index contributed by atoms with van der Waals surface area (Å²) < 4.78 is 0. The summed E-state index contributed by atoms with van der Waals surface area (Å²) in [4.78, 5) is 13.2. The molecule has 0 bridgehead atoms. The third-order valence-corrected chi connectivity index (χ3v) is 2.77. The Kier molecular flexibility index (Phi) is 3.41. The van der Waals surface area contributed by atoms with Gasteiger partial charge in [0.2, 0.25) is 0 Å². The van der Waals surface area contributed by atoms with Gasteiger partial charge in [0.05, 0.1) is 0 Å². The minimum Gasteiger partial charge on any atom is -0.336 e. The third-order valence-electron chi connectivity index (χ3n) is 2.77. The van der Waals surface area contributed by atoms with Crippen LogP contribution in [0.1, 0.15) is 11.1 Å². The van der Waals surface area contributed by atoms with Crippen molar-refractivity contribution in [3.63, 3.8) is 0 Å². The van der Waals surface area contributed by atoms with Crippen molar-refractivity contribution < 1.29 is 4.79 Å². The van der Waals surface area contributed by atoms with E-state index in [9.17, 15) is 4.79 Å². The minimum atomic E-state index is 0.0334. The van der Waals surface area contributed by atoms with E-state index in [1.165, 1.54) is 5.56 Å². The molecule has 1 aliphatic rings. The number of nitrogens with one attached hydrogen (secondary N) is 1. The van der Waals surface area contributed by atoms with Crippen molar-refractivity contribution in [3.05, 3.63) is 35.4 Å². The molecule has 0 unspecified atom stereocenters. The maximum Gasteiger partial charge on any atom is 0.317 e. The highest BCUT2D eigenvalue weighted by Gasteiger charge is 2.18. The molecule has 1 aliphatic heterocycles. The van der Waals surface area contributed by atoms with Crippen molar-refractivity contribution in [2.75, 3.05) is 19.6 Å². The zero-order valence-corrected chi connectivity index (χ0v) is 9.28. The molecule has 2 amide bonds. The van der Waals surface area contributed by atoms with Gasteiger partial charge in [-0.25, -0.2) is 4.79 Å². The van der Waals surface area contributed by atoms with E-state index in [2.05, 4.69) is 29.6 Å². The fraction of sp³-hybridized carbons (Fsp3) is 0.417. The number of carbonyl (C=O) groups is 1. The molecule has 0 aromatic heterocycles. The number of urea groups is 1. The molecule has 1 fully saturated rings. The summed E-state index contributed by atoms with van der Waals surface area (Å²) in [5.41, 5.74) is 7.90. The van der Waals surface area contributed by atoms with Crippen LogP contribution < -0.4 is 11.1 Å². The third kappa shape index (κ3) is 2.52. The lowest BCUT2D eigenvalue weighted by Gasteiger charge is -2.14. The van der Waals surface area contributed by atoms with Gasteiger partial charge in [-0.2, -0.15) is 0 Å². The van der Waals surface area contributed by atoms with E-state index in [0.717, 1.165) is 25.1 Å². The van der Waals surface area contributed by atoms with Crippen LogP contribution in [0.2, 0.25) is 0 Å². The second-order valence-electron chi connectivity index (χ2n) is 4.01. The van der Waals surface area contributed by atoms with Crippen LogP contribution in [0.15, 0.2) is 24.3 Å². The number of nitrogens with zero attached hydrogens (tertiary/aromatic N) is 1. The van der Waals surface area contributed by atoms with Crippen molar-refractivity contribution >= 4 is 6.03 Å². The highest BCUT2D eigenvalue weighted by Crippen LogP contribution is 2.09. The van der Waals surface area contributed by atoms with Crippen LogP contribution in [0.25, 0.3) is 0 Å². The molecular formula is C12H17N3O. The first kappa shape index (κ1) is 11.0. The Hall–Kier alpha value is -1.55. The molecule has 1 saturated heterocycles. The first-order chi connectivity index (χ1) is 7.79. The summed E-state index contributed by atoms with van der Waals surface area (Å²) in [6, 6.07) is 8.32. The van der Waals surface area contributed by atoms with E-state index in [1.807, 2.05) is 4.90 Å². The molecule has 1 heterocycles. The molecule has 0 radical (unpaired) electrons. The predicted octanol–water partition coefficient (Wildman–Crippen LogP) is 0.713. The molecule has 2 rings (SSSR count). The van der Waals surface area contributed by atoms with Crippen molar-refractivity contribution in [1.82, 2.24) is 10.2 Å². The first-order valence-electron chi connectivity index (χ1n) is 5.60. The Morgan fingerprint density at radius 3 is 2.50 bits per heavy atom. The topological polar surface area (TPSA) is 58.4 Å². The molecule has 3 N–H and O–H groups in total. The van der Waals surface area contributed by atoms with Gasteiger partial charge in [0.1, 0.15) is 0 Å². The lowest BCUT2D eigenvalue weighted by molar-refractivity contribution is 0.215. The Morgan fingerprint density at radius 2 is 1.94 bits per heavy atom. The smallest absolute Gasteiger partial charge is 0.317 e. The van der Waals surface area contributed by atoms with Gasteiger partial charge in [0, 0.05) is 19.6 Å². The summed E-state index contributed by atoms with van der Waals surface area (Å²) in [5.74, 6) is 0. The zero-order chi connectivity index (χ0) is 11.4. The molecule has 86 valence electrons. The fourth-order valence-corrected chi connectivity index (χ4v) is 1.86. The number of rotatable bonds is 4. The van der Waals surface area contributed by atoms with E-state index in [1.54, 1.807) is 0 Å². The largest absolute Gasteiger partial charge is 0.336 e. The first-order valence-corrected chi connectivity index (χ1v) is 5.60. The van der Waals surface area contributed by atoms with Crippen molar-refractivity contribution in [3.8, 4) is 0 Å². The van der Waals surface area contributed by atoms with Gasteiger partial charge in [-0.3, -0.25) is 0 Å². The van der Waals surface area contributed by atoms with Crippen molar-refractivity contribution in [1.29, 1.82) is 0 Å². The zero-order valence-electron chi connectivity index (χ0n) is 9.28. The lowest BCUT2D eigenvalue weighted by atomic mass is 10.1. The molecule has 16 heavy (non-hydrogen) atoms. The monoisotopic (exact) mass is 219 g/mol. The molecule has 1 aromatic carbocycles. The Morgan fingerprint density at radius 1 is 1.25 bits per heavy atom. The summed E-state index contributed by atoms with van der Waals surface area (Å²) in [5, 5.41) is 2.79. The molecule has 1 aromatic rings. The number of benzene rings is 1. The normalized spacial score (nSPS) is 15.3. The van der Waals surface area contributed by atoms with E-state index in [-0.39, 0.29) is 6.03 Å². The van der Waals surface area contributed by atoms with E-state index in [4.69, 9.17) is 5.73 Å². The maximum absolute atomic E-state index is 11.3. The van der Waals surface area contributed by atoms with Crippen molar-refractivity contribution in [2.45, 2.75) is 13.0 Å². The van der Waals surface area contributed by atoms with Crippen LogP contribution in [-0.2, 0) is 13.0 Å². The summed E-state index contributed by atoms with van der Waals surface area (Å²) in [6.45, 7) is 2.91. The van der Waals surface area contributed by atoms with Crippen LogP contribution in [-0.4, -0.2) is 30.6 Å². The molecule has 4 nitrogen and oxygen atoms in total. The van der Waals surface area contributed by atoms with Crippen LogP contribution in [0.5, 0.6) is 0 Å². The van der Waals surface area contributed by atoms with Gasteiger partial charge in [0.25, 0.3) is 0 Å². The van der Waals surface area contributed by atoms with Gasteiger partial charge in [-0.15, -0.1) is 0 Å².